The molecule has 1 amide bonds. The van der Waals surface area contributed by atoms with Gasteiger partial charge >= 0.3 is 0 Å². The lowest BCUT2D eigenvalue weighted by atomic mass is 9.95. The van der Waals surface area contributed by atoms with Gasteiger partial charge in [-0.25, -0.2) is 0 Å². The second-order valence-electron chi connectivity index (χ2n) is 6.84. The molecule has 1 aliphatic heterocycles. The summed E-state index contributed by atoms with van der Waals surface area (Å²) in [5.74, 6) is -0.0337. The predicted octanol–water partition coefficient (Wildman–Crippen LogP) is 3.54. The van der Waals surface area contributed by atoms with E-state index in [1.54, 1.807) is 49.6 Å². The predicted molar refractivity (Wildman–Crippen MR) is 112 cm³/mol. The Labute approximate surface area is 175 Å². The SMILES string of the molecule is CCCN1C(=O)C(=O)/C(=C(\O)c2ccc(OC)c(OC)c2)C1c1ccc(OC)cc1. The van der Waals surface area contributed by atoms with Crippen molar-refractivity contribution in [3.05, 3.63) is 59.2 Å². The summed E-state index contributed by atoms with van der Waals surface area (Å²) in [6.07, 6.45) is 0.677. The number of aliphatic hydroxyl groups excluding tert-OH is 1. The Morgan fingerprint density at radius 1 is 0.967 bits per heavy atom. The number of ketones is 1. The minimum atomic E-state index is -0.712. The van der Waals surface area contributed by atoms with Gasteiger partial charge in [-0.15, -0.1) is 0 Å². The number of carbonyl (C=O) groups is 2. The molecule has 30 heavy (non-hydrogen) atoms. The zero-order chi connectivity index (χ0) is 21.8. The zero-order valence-corrected chi connectivity index (χ0v) is 17.5. The Bertz CT molecular complexity index is 980. The number of hydrogen-bond donors (Lipinski definition) is 1. The summed E-state index contributed by atoms with van der Waals surface area (Å²) in [7, 11) is 4.56. The van der Waals surface area contributed by atoms with Crippen molar-refractivity contribution in [2.24, 2.45) is 0 Å². The molecule has 7 nitrogen and oxygen atoms in total. The lowest BCUT2D eigenvalue weighted by molar-refractivity contribution is -0.139. The second kappa shape index (κ2) is 8.90. The Morgan fingerprint density at radius 3 is 2.20 bits per heavy atom. The maximum absolute atomic E-state index is 12.9. The van der Waals surface area contributed by atoms with Crippen molar-refractivity contribution in [3.63, 3.8) is 0 Å². The van der Waals surface area contributed by atoms with Crippen LogP contribution in [0.4, 0.5) is 0 Å². The molecule has 3 rings (SSSR count). The van der Waals surface area contributed by atoms with Gasteiger partial charge in [-0.05, 0) is 42.3 Å². The summed E-state index contributed by atoms with van der Waals surface area (Å²) in [5.41, 5.74) is 1.12. The van der Waals surface area contributed by atoms with E-state index in [-0.39, 0.29) is 11.3 Å². The molecule has 2 aromatic carbocycles. The maximum Gasteiger partial charge on any atom is 0.295 e. The van der Waals surface area contributed by atoms with Crippen LogP contribution in [0, 0.1) is 0 Å². The molecule has 1 N–H and O–H groups in total. The normalized spacial score (nSPS) is 17.9. The first-order chi connectivity index (χ1) is 14.5. The van der Waals surface area contributed by atoms with E-state index < -0.39 is 17.7 Å². The standard InChI is InChI=1S/C23H25NO6/c1-5-12-24-20(14-6-9-16(28-2)10-7-14)19(22(26)23(24)27)21(25)15-8-11-17(29-3)18(13-15)30-4/h6-11,13,20,25H,5,12H2,1-4H3/b21-19-. The molecular formula is C23H25NO6. The van der Waals surface area contributed by atoms with Gasteiger partial charge in [0.2, 0.25) is 0 Å². The Balaban J connectivity index is 2.17. The Morgan fingerprint density at radius 2 is 1.63 bits per heavy atom. The molecular weight excluding hydrogens is 386 g/mol. The van der Waals surface area contributed by atoms with Gasteiger partial charge in [0.05, 0.1) is 32.9 Å². The molecule has 158 valence electrons. The summed E-state index contributed by atoms with van der Waals surface area (Å²) in [4.78, 5) is 27.1. The maximum atomic E-state index is 12.9. The zero-order valence-electron chi connectivity index (χ0n) is 17.5. The smallest absolute Gasteiger partial charge is 0.295 e. The highest BCUT2D eigenvalue weighted by atomic mass is 16.5. The average molecular weight is 411 g/mol. The number of methoxy groups -OCH3 is 3. The summed E-state index contributed by atoms with van der Waals surface area (Å²) >= 11 is 0. The van der Waals surface area contributed by atoms with Crippen LogP contribution in [0.5, 0.6) is 17.2 Å². The van der Waals surface area contributed by atoms with E-state index in [9.17, 15) is 14.7 Å². The fourth-order valence-corrected chi connectivity index (χ4v) is 3.62. The quantitative estimate of drug-likeness (QED) is 0.426. The van der Waals surface area contributed by atoms with Gasteiger partial charge in [0.25, 0.3) is 11.7 Å². The monoisotopic (exact) mass is 411 g/mol. The summed E-state index contributed by atoms with van der Waals surface area (Å²) < 4.78 is 15.7. The minimum absolute atomic E-state index is 0.0471. The number of Topliss-reactive ketones (excluding diaryl/α,β-unsaturated/α-hetero) is 1. The van der Waals surface area contributed by atoms with Gasteiger partial charge in [-0.3, -0.25) is 9.59 Å². The van der Waals surface area contributed by atoms with E-state index in [1.807, 2.05) is 6.92 Å². The molecule has 2 aromatic rings. The highest BCUT2D eigenvalue weighted by Crippen LogP contribution is 2.41. The first kappa shape index (κ1) is 21.2. The highest BCUT2D eigenvalue weighted by Gasteiger charge is 2.45. The molecule has 0 aliphatic carbocycles. The van der Waals surface area contributed by atoms with Crippen LogP contribution in [0.1, 0.15) is 30.5 Å². The third-order valence-electron chi connectivity index (χ3n) is 5.09. The number of ether oxygens (including phenoxy) is 3. The van der Waals surface area contributed by atoms with Crippen LogP contribution in [0.15, 0.2) is 48.0 Å². The second-order valence-corrected chi connectivity index (χ2v) is 6.84. The number of hydrogen-bond acceptors (Lipinski definition) is 6. The first-order valence-corrected chi connectivity index (χ1v) is 9.61. The van der Waals surface area contributed by atoms with E-state index in [4.69, 9.17) is 14.2 Å². The fourth-order valence-electron chi connectivity index (χ4n) is 3.62. The van der Waals surface area contributed by atoms with Crippen LogP contribution >= 0.6 is 0 Å². The van der Waals surface area contributed by atoms with Crippen LogP contribution in [0.3, 0.4) is 0 Å². The number of aliphatic hydroxyl groups is 1. The van der Waals surface area contributed by atoms with E-state index in [2.05, 4.69) is 0 Å². The molecule has 0 saturated carbocycles. The number of amides is 1. The van der Waals surface area contributed by atoms with Crippen molar-refractivity contribution in [1.82, 2.24) is 4.90 Å². The van der Waals surface area contributed by atoms with Gasteiger partial charge in [0.1, 0.15) is 11.5 Å². The van der Waals surface area contributed by atoms with Crippen LogP contribution < -0.4 is 14.2 Å². The lowest BCUT2D eigenvalue weighted by Crippen LogP contribution is -2.30. The van der Waals surface area contributed by atoms with Gasteiger partial charge in [-0.1, -0.05) is 19.1 Å². The molecule has 0 aromatic heterocycles. The molecule has 1 heterocycles. The summed E-state index contributed by atoms with van der Waals surface area (Å²) in [6.45, 7) is 2.32. The van der Waals surface area contributed by atoms with Crippen molar-refractivity contribution >= 4 is 17.4 Å². The average Bonchev–Trinajstić information content (AvgIpc) is 3.03. The molecule has 1 aliphatic rings. The number of carbonyl (C=O) groups excluding carboxylic acids is 2. The largest absolute Gasteiger partial charge is 0.507 e. The van der Waals surface area contributed by atoms with Crippen LogP contribution in [-0.2, 0) is 9.59 Å². The van der Waals surface area contributed by atoms with Crippen molar-refractivity contribution in [3.8, 4) is 17.2 Å². The first-order valence-electron chi connectivity index (χ1n) is 9.61. The topological polar surface area (TPSA) is 85.3 Å². The van der Waals surface area contributed by atoms with E-state index in [0.717, 1.165) is 0 Å². The molecule has 0 spiro atoms. The van der Waals surface area contributed by atoms with Gasteiger partial charge in [0, 0.05) is 12.1 Å². The van der Waals surface area contributed by atoms with Gasteiger partial charge < -0.3 is 24.2 Å². The molecule has 1 unspecified atom stereocenters. The lowest BCUT2D eigenvalue weighted by Gasteiger charge is -2.25. The Hall–Kier alpha value is -3.48. The molecule has 1 atom stereocenters. The molecule has 0 radical (unpaired) electrons. The Kier molecular flexibility index (Phi) is 6.30. The fraction of sp³-hybridized carbons (Fsp3) is 0.304. The number of likely N-dealkylation sites (tertiary alicyclic amines) is 1. The summed E-state index contributed by atoms with van der Waals surface area (Å²) in [6, 6.07) is 11.2. The van der Waals surface area contributed by atoms with E-state index >= 15 is 0 Å². The van der Waals surface area contributed by atoms with E-state index in [0.29, 0.717) is 41.3 Å². The third-order valence-corrected chi connectivity index (χ3v) is 5.09. The third kappa shape index (κ3) is 3.70. The molecule has 7 heteroatoms. The molecule has 1 saturated heterocycles. The van der Waals surface area contributed by atoms with Crippen LogP contribution in [0.2, 0.25) is 0 Å². The van der Waals surface area contributed by atoms with E-state index in [1.165, 1.54) is 19.1 Å². The molecule has 1 fully saturated rings. The van der Waals surface area contributed by atoms with Crippen molar-refractivity contribution in [2.45, 2.75) is 19.4 Å². The van der Waals surface area contributed by atoms with Crippen molar-refractivity contribution < 1.29 is 28.9 Å². The van der Waals surface area contributed by atoms with Crippen LogP contribution in [0.25, 0.3) is 5.76 Å². The highest BCUT2D eigenvalue weighted by molar-refractivity contribution is 6.46. The number of nitrogens with zero attached hydrogens (tertiary/aromatic N) is 1. The number of benzene rings is 2. The molecule has 0 bridgehead atoms. The summed E-state index contributed by atoms with van der Waals surface area (Å²) in [5, 5.41) is 11.1. The minimum Gasteiger partial charge on any atom is -0.507 e. The van der Waals surface area contributed by atoms with Crippen molar-refractivity contribution in [2.75, 3.05) is 27.9 Å². The van der Waals surface area contributed by atoms with Gasteiger partial charge in [0.15, 0.2) is 11.5 Å². The van der Waals surface area contributed by atoms with Gasteiger partial charge in [-0.2, -0.15) is 0 Å². The van der Waals surface area contributed by atoms with Crippen molar-refractivity contribution in [1.29, 1.82) is 0 Å². The number of rotatable bonds is 7. The van der Waals surface area contributed by atoms with Crippen LogP contribution in [-0.4, -0.2) is 49.6 Å².